The van der Waals surface area contributed by atoms with Crippen molar-refractivity contribution in [3.63, 3.8) is 0 Å². The number of carbonyl (C=O) groups is 1. The van der Waals surface area contributed by atoms with E-state index in [9.17, 15) is 14.7 Å². The quantitative estimate of drug-likeness (QED) is 0.518. The van der Waals surface area contributed by atoms with E-state index in [0.29, 0.717) is 22.8 Å². The maximum absolute atomic E-state index is 12.8. The number of amides is 1. The molecular weight excluding hydrogens is 418 g/mol. The first-order valence-corrected chi connectivity index (χ1v) is 9.81. The molecular formula is C23H25NO8. The highest BCUT2D eigenvalue weighted by Gasteiger charge is 2.30. The Kier molecular flexibility index (Phi) is 7.09. The van der Waals surface area contributed by atoms with Crippen molar-refractivity contribution in [1.29, 1.82) is 0 Å². The van der Waals surface area contributed by atoms with Gasteiger partial charge in [-0.2, -0.15) is 0 Å². The molecule has 0 saturated carbocycles. The van der Waals surface area contributed by atoms with Crippen LogP contribution >= 0.6 is 0 Å². The van der Waals surface area contributed by atoms with E-state index < -0.39 is 11.5 Å². The molecule has 3 rings (SSSR count). The standard InChI is InChI=1S/C23H25NO8/c1-13-10-17(25)20(23(27)32-13)16(11-19(26)24-12-14-6-5-9-31-14)15-7-8-18(28-2)22(30-4)21(15)29-3/h5-10,16,25H,11-12H2,1-4H3,(H,24,26)/t16-/m1/s1. The largest absolute Gasteiger partial charge is 0.507 e. The van der Waals surface area contributed by atoms with Crippen molar-refractivity contribution >= 4 is 5.91 Å². The zero-order valence-electron chi connectivity index (χ0n) is 18.3. The Labute approximate surface area is 184 Å². The first-order valence-electron chi connectivity index (χ1n) is 9.81. The lowest BCUT2D eigenvalue weighted by Gasteiger charge is -2.22. The normalized spacial score (nSPS) is 11.6. The van der Waals surface area contributed by atoms with E-state index in [1.807, 2.05) is 0 Å². The Morgan fingerprint density at radius 1 is 1.12 bits per heavy atom. The maximum Gasteiger partial charge on any atom is 0.343 e. The zero-order valence-corrected chi connectivity index (χ0v) is 18.3. The van der Waals surface area contributed by atoms with Crippen LogP contribution in [0.2, 0.25) is 0 Å². The van der Waals surface area contributed by atoms with Crippen molar-refractivity contribution in [2.45, 2.75) is 25.8 Å². The molecule has 0 aliphatic carbocycles. The molecule has 1 atom stereocenters. The third-order valence-electron chi connectivity index (χ3n) is 4.98. The van der Waals surface area contributed by atoms with Gasteiger partial charge in [0, 0.05) is 24.0 Å². The van der Waals surface area contributed by atoms with E-state index >= 15 is 0 Å². The Hall–Kier alpha value is -3.88. The molecule has 0 radical (unpaired) electrons. The molecule has 170 valence electrons. The van der Waals surface area contributed by atoms with Crippen LogP contribution in [0.15, 0.2) is 50.2 Å². The Morgan fingerprint density at radius 3 is 2.47 bits per heavy atom. The number of hydrogen-bond donors (Lipinski definition) is 2. The predicted octanol–water partition coefficient (Wildman–Crippen LogP) is 3.11. The van der Waals surface area contributed by atoms with Gasteiger partial charge in [-0.25, -0.2) is 4.79 Å². The molecule has 2 aromatic heterocycles. The number of furan rings is 1. The summed E-state index contributed by atoms with van der Waals surface area (Å²) in [6.45, 7) is 1.73. The molecule has 1 aromatic carbocycles. The fourth-order valence-electron chi connectivity index (χ4n) is 3.55. The van der Waals surface area contributed by atoms with Gasteiger partial charge in [-0.15, -0.1) is 0 Å². The monoisotopic (exact) mass is 443 g/mol. The molecule has 0 bridgehead atoms. The second kappa shape index (κ2) is 9.95. The number of rotatable bonds is 9. The number of aryl methyl sites for hydroxylation is 1. The third-order valence-corrected chi connectivity index (χ3v) is 4.98. The molecule has 3 aromatic rings. The average molecular weight is 443 g/mol. The van der Waals surface area contributed by atoms with Crippen LogP contribution in [0.25, 0.3) is 0 Å². The molecule has 9 nitrogen and oxygen atoms in total. The molecule has 2 heterocycles. The van der Waals surface area contributed by atoms with E-state index in [-0.39, 0.29) is 41.7 Å². The van der Waals surface area contributed by atoms with Crippen molar-refractivity contribution in [3.8, 4) is 23.0 Å². The van der Waals surface area contributed by atoms with Gasteiger partial charge in [0.25, 0.3) is 0 Å². The number of aromatic hydroxyl groups is 1. The summed E-state index contributed by atoms with van der Waals surface area (Å²) in [4.78, 5) is 25.5. The van der Waals surface area contributed by atoms with Crippen molar-refractivity contribution < 1.29 is 32.9 Å². The fraction of sp³-hybridized carbons (Fsp3) is 0.304. The highest BCUT2D eigenvalue weighted by atomic mass is 16.5. The Bertz CT molecular complexity index is 1130. The average Bonchev–Trinajstić information content (AvgIpc) is 3.28. The Morgan fingerprint density at radius 2 is 1.88 bits per heavy atom. The van der Waals surface area contributed by atoms with E-state index in [1.54, 1.807) is 31.2 Å². The van der Waals surface area contributed by atoms with Crippen molar-refractivity contribution in [3.05, 3.63) is 69.7 Å². The highest BCUT2D eigenvalue weighted by Crippen LogP contribution is 2.45. The zero-order chi connectivity index (χ0) is 23.3. The maximum atomic E-state index is 12.8. The molecule has 0 aliphatic heterocycles. The summed E-state index contributed by atoms with van der Waals surface area (Å²) < 4.78 is 26.7. The van der Waals surface area contributed by atoms with Crippen LogP contribution in [0.4, 0.5) is 0 Å². The lowest BCUT2D eigenvalue weighted by atomic mass is 9.87. The lowest BCUT2D eigenvalue weighted by molar-refractivity contribution is -0.121. The number of methoxy groups -OCH3 is 3. The number of ether oxygens (including phenoxy) is 3. The number of hydrogen-bond acceptors (Lipinski definition) is 8. The fourth-order valence-corrected chi connectivity index (χ4v) is 3.55. The van der Waals surface area contributed by atoms with Crippen LogP contribution in [-0.4, -0.2) is 32.3 Å². The molecule has 0 unspecified atom stereocenters. The van der Waals surface area contributed by atoms with E-state index in [0.717, 1.165) is 0 Å². The topological polar surface area (TPSA) is 120 Å². The summed E-state index contributed by atoms with van der Waals surface area (Å²) in [5, 5.41) is 13.3. The molecule has 0 fully saturated rings. The molecule has 0 saturated heterocycles. The second-order valence-electron chi connectivity index (χ2n) is 6.98. The van der Waals surface area contributed by atoms with Crippen LogP contribution in [0, 0.1) is 6.92 Å². The summed E-state index contributed by atoms with van der Waals surface area (Å²) in [7, 11) is 4.37. The highest BCUT2D eigenvalue weighted by molar-refractivity contribution is 5.78. The summed E-state index contributed by atoms with van der Waals surface area (Å²) in [5.41, 5.74) is -0.359. The molecule has 9 heteroatoms. The summed E-state index contributed by atoms with van der Waals surface area (Å²) >= 11 is 0. The van der Waals surface area contributed by atoms with E-state index in [1.165, 1.54) is 33.7 Å². The summed E-state index contributed by atoms with van der Waals surface area (Å²) in [6.07, 6.45) is 1.34. The summed E-state index contributed by atoms with van der Waals surface area (Å²) in [5.74, 6) is 0.266. The van der Waals surface area contributed by atoms with Gasteiger partial charge in [-0.1, -0.05) is 6.07 Å². The van der Waals surface area contributed by atoms with Crippen LogP contribution in [0.1, 0.15) is 35.0 Å². The number of carbonyl (C=O) groups excluding carboxylic acids is 1. The van der Waals surface area contributed by atoms with E-state index in [4.69, 9.17) is 23.0 Å². The molecule has 0 aliphatic rings. The van der Waals surface area contributed by atoms with Crippen LogP contribution in [0.5, 0.6) is 23.0 Å². The number of nitrogens with one attached hydrogen (secondary N) is 1. The molecule has 2 N–H and O–H groups in total. The minimum Gasteiger partial charge on any atom is -0.507 e. The molecule has 32 heavy (non-hydrogen) atoms. The van der Waals surface area contributed by atoms with Gasteiger partial charge in [0.1, 0.15) is 17.3 Å². The van der Waals surface area contributed by atoms with Gasteiger partial charge < -0.3 is 33.5 Å². The van der Waals surface area contributed by atoms with Gasteiger partial charge in [0.15, 0.2) is 11.5 Å². The van der Waals surface area contributed by atoms with Crippen molar-refractivity contribution in [2.75, 3.05) is 21.3 Å². The van der Waals surface area contributed by atoms with Gasteiger partial charge in [-0.05, 0) is 25.1 Å². The van der Waals surface area contributed by atoms with Crippen molar-refractivity contribution in [1.82, 2.24) is 5.32 Å². The van der Waals surface area contributed by atoms with E-state index in [2.05, 4.69) is 5.32 Å². The van der Waals surface area contributed by atoms with Crippen LogP contribution < -0.4 is 25.2 Å². The second-order valence-corrected chi connectivity index (χ2v) is 6.98. The van der Waals surface area contributed by atoms with Gasteiger partial charge in [-0.3, -0.25) is 4.79 Å². The first kappa shape index (κ1) is 22.8. The van der Waals surface area contributed by atoms with Gasteiger partial charge in [0.05, 0.1) is 39.7 Å². The first-order chi connectivity index (χ1) is 15.4. The van der Waals surface area contributed by atoms with Crippen molar-refractivity contribution in [2.24, 2.45) is 0 Å². The molecule has 0 spiro atoms. The third kappa shape index (κ3) is 4.72. The number of benzene rings is 1. The van der Waals surface area contributed by atoms with Gasteiger partial charge >= 0.3 is 5.63 Å². The smallest absolute Gasteiger partial charge is 0.343 e. The predicted molar refractivity (Wildman–Crippen MR) is 114 cm³/mol. The SMILES string of the molecule is COc1ccc([C@@H](CC(=O)NCc2ccco2)c2c(O)cc(C)oc2=O)c(OC)c1OC. The molecule has 1 amide bonds. The van der Waals surface area contributed by atoms with Gasteiger partial charge in [0.2, 0.25) is 11.7 Å². The minimum atomic E-state index is -0.891. The Balaban J connectivity index is 2.07. The minimum absolute atomic E-state index is 0.0609. The van der Waals surface area contributed by atoms with Crippen LogP contribution in [0.3, 0.4) is 0 Å². The lowest BCUT2D eigenvalue weighted by Crippen LogP contribution is -2.26. The van der Waals surface area contributed by atoms with Crippen LogP contribution in [-0.2, 0) is 11.3 Å². The summed E-state index contributed by atoms with van der Waals surface area (Å²) in [6, 6.07) is 8.07.